The normalized spacial score (nSPS) is 18.6. The number of carboxylic acids is 2. The highest BCUT2D eigenvalue weighted by Crippen LogP contribution is 2.40. The minimum atomic E-state index is -1.80. The molecule has 2 amide bonds. The number of hydrogen-bond donors (Lipinski definition) is 7. The largest absolute Gasteiger partial charge is 0.478 e. The molecule has 2 aromatic rings. The van der Waals surface area contributed by atoms with Gasteiger partial charge in [-0.25, -0.2) is 14.2 Å². The lowest BCUT2D eigenvalue weighted by atomic mass is 10.0. The van der Waals surface area contributed by atoms with E-state index in [0.717, 1.165) is 16.4 Å². The number of hydrogen-bond acceptors (Lipinski definition) is 15. The van der Waals surface area contributed by atoms with Gasteiger partial charge in [0.05, 0.1) is 0 Å². The molecule has 2 aliphatic heterocycles. The Hall–Kier alpha value is -4.82. The SMILES string of the molecule is CC(C)(O/N=C(\C(=O)N[C@@H]1C(=O)N2C(C(=O)O)=C(/C=C/C[n+]3cnc(N)c(NCCN)c3)CS[C@H]12)c1nsc(N)n1)C(=O)O. The lowest BCUT2D eigenvalue weighted by molar-refractivity contribution is -0.689. The summed E-state index contributed by atoms with van der Waals surface area (Å²) in [5.74, 6) is -3.95. The van der Waals surface area contributed by atoms with Crippen molar-refractivity contribution < 1.29 is 38.8 Å². The quantitative estimate of drug-likeness (QED) is 0.0553. The van der Waals surface area contributed by atoms with Crippen molar-refractivity contribution >= 4 is 69.4 Å². The van der Waals surface area contributed by atoms with Crippen molar-refractivity contribution in [2.24, 2.45) is 10.9 Å². The van der Waals surface area contributed by atoms with Crippen LogP contribution in [-0.4, -0.2) is 94.8 Å². The molecule has 44 heavy (non-hydrogen) atoms. The van der Waals surface area contributed by atoms with Crippen molar-refractivity contribution in [1.82, 2.24) is 24.6 Å². The number of carboxylic acid groups (broad SMARTS) is 2. The molecule has 0 aliphatic carbocycles. The second-order valence-electron chi connectivity index (χ2n) is 9.83. The van der Waals surface area contributed by atoms with Gasteiger partial charge in [-0.3, -0.25) is 14.5 Å². The highest BCUT2D eigenvalue weighted by Gasteiger charge is 2.54. The maximum absolute atomic E-state index is 13.2. The van der Waals surface area contributed by atoms with Crippen LogP contribution in [0, 0.1) is 0 Å². The number of carbonyl (C=O) groups excluding carboxylic acids is 2. The molecule has 10 N–H and O–H groups in total. The molecule has 18 nitrogen and oxygen atoms in total. The topological polar surface area (TPSA) is 278 Å². The molecule has 2 aromatic heterocycles. The van der Waals surface area contributed by atoms with Crippen LogP contribution in [0.15, 0.2) is 41.1 Å². The third kappa shape index (κ3) is 6.87. The van der Waals surface area contributed by atoms with E-state index in [1.807, 2.05) is 0 Å². The Labute approximate surface area is 258 Å². The predicted molar refractivity (Wildman–Crippen MR) is 159 cm³/mol. The molecule has 2 atom stereocenters. The third-order valence-electron chi connectivity index (χ3n) is 6.25. The van der Waals surface area contributed by atoms with Gasteiger partial charge in [0, 0.05) is 30.4 Å². The van der Waals surface area contributed by atoms with Crippen molar-refractivity contribution in [2.75, 3.05) is 35.6 Å². The lowest BCUT2D eigenvalue weighted by Crippen LogP contribution is -2.71. The fourth-order valence-electron chi connectivity index (χ4n) is 3.93. The molecular weight excluding hydrogens is 618 g/mol. The van der Waals surface area contributed by atoms with E-state index < -0.39 is 46.5 Å². The van der Waals surface area contributed by atoms with E-state index in [9.17, 15) is 29.4 Å². The first-order valence-corrected chi connectivity index (χ1v) is 14.7. The molecule has 0 radical (unpaired) electrons. The van der Waals surface area contributed by atoms with Gasteiger partial charge in [-0.1, -0.05) is 11.2 Å². The molecule has 1 fully saturated rings. The number of oxime groups is 1. The van der Waals surface area contributed by atoms with Crippen LogP contribution in [0.2, 0.25) is 0 Å². The van der Waals surface area contributed by atoms with Crippen molar-refractivity contribution in [3.63, 3.8) is 0 Å². The van der Waals surface area contributed by atoms with E-state index in [2.05, 4.69) is 30.1 Å². The van der Waals surface area contributed by atoms with Gasteiger partial charge < -0.3 is 42.9 Å². The summed E-state index contributed by atoms with van der Waals surface area (Å²) >= 11 is 2.02. The number of aliphatic carboxylic acids is 2. The highest BCUT2D eigenvalue weighted by atomic mass is 32.2. The van der Waals surface area contributed by atoms with Crippen LogP contribution in [-0.2, 0) is 30.6 Å². The average Bonchev–Trinajstić information content (AvgIpc) is 3.40. The molecule has 0 unspecified atom stereocenters. The number of aromatic nitrogens is 4. The first-order valence-electron chi connectivity index (χ1n) is 12.9. The van der Waals surface area contributed by atoms with Crippen LogP contribution >= 0.6 is 23.3 Å². The first kappa shape index (κ1) is 32.1. The van der Waals surface area contributed by atoms with Gasteiger partial charge in [-0.15, -0.1) is 11.8 Å². The number of thioether (sulfide) groups is 1. The molecule has 4 heterocycles. The number of β-lactam (4-membered cyclic amide) rings is 1. The maximum atomic E-state index is 13.2. The Morgan fingerprint density at radius 1 is 1.32 bits per heavy atom. The first-order chi connectivity index (χ1) is 20.8. The molecule has 0 bridgehead atoms. The average molecular weight is 649 g/mol. The van der Waals surface area contributed by atoms with E-state index in [1.54, 1.807) is 22.9 Å². The second kappa shape index (κ2) is 13.2. The number of amides is 2. The summed E-state index contributed by atoms with van der Waals surface area (Å²) in [7, 11) is 0. The summed E-state index contributed by atoms with van der Waals surface area (Å²) in [5.41, 5.74) is 15.5. The fraction of sp³-hybridized carbons (Fsp3) is 0.375. The number of nitrogens with one attached hydrogen (secondary N) is 2. The molecule has 0 spiro atoms. The predicted octanol–water partition coefficient (Wildman–Crippen LogP) is -1.67. The smallest absolute Gasteiger partial charge is 0.352 e. The number of carbonyl (C=O) groups is 4. The van der Waals surface area contributed by atoms with Crippen LogP contribution in [0.3, 0.4) is 0 Å². The monoisotopic (exact) mass is 648 g/mol. The summed E-state index contributed by atoms with van der Waals surface area (Å²) in [6.45, 7) is 3.69. The molecule has 1 saturated heterocycles. The molecule has 0 aromatic carbocycles. The molecule has 234 valence electrons. The van der Waals surface area contributed by atoms with Gasteiger partial charge in [-0.05, 0) is 30.5 Å². The summed E-state index contributed by atoms with van der Waals surface area (Å²) in [5, 5.41) is 27.8. The number of allylic oxidation sites excluding steroid dienone is 2. The summed E-state index contributed by atoms with van der Waals surface area (Å²) in [6.07, 6.45) is 6.61. The minimum Gasteiger partial charge on any atom is -0.478 e. The Balaban J connectivity index is 1.49. The van der Waals surface area contributed by atoms with Crippen LogP contribution in [0.1, 0.15) is 19.7 Å². The van der Waals surface area contributed by atoms with Crippen molar-refractivity contribution in [3.05, 3.63) is 41.8 Å². The Morgan fingerprint density at radius 2 is 2.07 bits per heavy atom. The maximum Gasteiger partial charge on any atom is 0.352 e. The third-order valence-corrected chi connectivity index (χ3v) is 8.09. The summed E-state index contributed by atoms with van der Waals surface area (Å²) < 4.78 is 5.66. The van der Waals surface area contributed by atoms with Gasteiger partial charge in [0.1, 0.15) is 35.5 Å². The molecule has 4 rings (SSSR count). The summed E-state index contributed by atoms with van der Waals surface area (Å²) in [6, 6.07) is -1.11. The van der Waals surface area contributed by atoms with E-state index in [1.165, 1.54) is 31.9 Å². The Kier molecular flexibility index (Phi) is 9.65. The zero-order valence-electron chi connectivity index (χ0n) is 23.5. The fourth-order valence-corrected chi connectivity index (χ4v) is 5.68. The van der Waals surface area contributed by atoms with E-state index >= 15 is 0 Å². The second-order valence-corrected chi connectivity index (χ2v) is 11.7. The van der Waals surface area contributed by atoms with E-state index in [-0.39, 0.29) is 22.4 Å². The number of rotatable bonds is 13. The lowest BCUT2D eigenvalue weighted by Gasteiger charge is -2.49. The van der Waals surface area contributed by atoms with Crippen LogP contribution < -0.4 is 32.4 Å². The Morgan fingerprint density at radius 3 is 2.70 bits per heavy atom. The van der Waals surface area contributed by atoms with Gasteiger partial charge >= 0.3 is 11.9 Å². The number of nitrogens with zero attached hydrogens (tertiary/aromatic N) is 6. The molecule has 20 heteroatoms. The standard InChI is InChI=1S/C24H29N11O7S2/c1-24(2,22(40)41)42-32-13(17-31-23(27)44-33-17)18(36)30-14-19(37)35-15(21(38)39)11(9-43-20(14)35)4-3-7-34-8-12(28-6-5-25)16(26)29-10-34/h3-4,8,10,14,20,26,28H,5-7,9,25H2,1-2H3,(H5,27,30,31,33,36,38,39,40,41)/p+1/b4-3+,32-13-/t14-,20-/m1/s1. The van der Waals surface area contributed by atoms with Crippen LogP contribution in [0.25, 0.3) is 0 Å². The van der Waals surface area contributed by atoms with Crippen LogP contribution in [0.4, 0.5) is 16.6 Å². The van der Waals surface area contributed by atoms with E-state index in [4.69, 9.17) is 22.0 Å². The number of nitrogen functional groups attached to an aromatic ring is 2. The number of fused-ring (bicyclic) bond motifs is 1. The number of nitrogens with two attached hydrogens (primary N) is 3. The van der Waals surface area contributed by atoms with Gasteiger partial charge in [0.2, 0.25) is 17.1 Å². The Bertz CT molecular complexity index is 1570. The van der Waals surface area contributed by atoms with Gasteiger partial charge in [0.25, 0.3) is 24.0 Å². The highest BCUT2D eigenvalue weighted by molar-refractivity contribution is 8.00. The minimum absolute atomic E-state index is 0.0123. The van der Waals surface area contributed by atoms with Gasteiger partial charge in [0.15, 0.2) is 5.13 Å². The van der Waals surface area contributed by atoms with Crippen LogP contribution in [0.5, 0.6) is 0 Å². The van der Waals surface area contributed by atoms with Crippen molar-refractivity contribution in [1.29, 1.82) is 0 Å². The molecular formula is C24H30N11O7S2+. The number of anilines is 3. The van der Waals surface area contributed by atoms with Crippen molar-refractivity contribution in [3.8, 4) is 0 Å². The van der Waals surface area contributed by atoms with E-state index in [0.29, 0.717) is 36.7 Å². The van der Waals surface area contributed by atoms with Gasteiger partial charge in [-0.2, -0.15) is 9.36 Å². The molecule has 2 aliphatic rings. The zero-order chi connectivity index (χ0) is 32.2. The van der Waals surface area contributed by atoms with Crippen molar-refractivity contribution in [2.45, 2.75) is 37.4 Å². The zero-order valence-corrected chi connectivity index (χ0v) is 25.1. The summed E-state index contributed by atoms with van der Waals surface area (Å²) in [4.78, 5) is 64.2. The molecule has 0 saturated carbocycles.